The quantitative estimate of drug-likeness (QED) is 0.670. The molecule has 0 aromatic carbocycles. The Bertz CT molecular complexity index is 488. The van der Waals surface area contributed by atoms with Gasteiger partial charge in [-0.3, -0.25) is 15.1 Å². The van der Waals surface area contributed by atoms with Gasteiger partial charge in [-0.1, -0.05) is 6.92 Å². The number of aromatic nitrogens is 1. The minimum Gasteiger partial charge on any atom is -0.308 e. The summed E-state index contributed by atoms with van der Waals surface area (Å²) in [7, 11) is 0. The molecular weight excluding hydrogens is 242 g/mol. The Balaban J connectivity index is 2.08. The Morgan fingerprint density at radius 1 is 1.47 bits per heavy atom. The van der Waals surface area contributed by atoms with Crippen LogP contribution in [0, 0.1) is 29.9 Å². The van der Waals surface area contributed by atoms with E-state index in [1.165, 1.54) is 19.3 Å². The molecule has 1 aromatic rings. The Hall–Kier alpha value is -1.49. The molecule has 5 nitrogen and oxygen atoms in total. The van der Waals surface area contributed by atoms with Crippen LogP contribution < -0.4 is 5.32 Å². The predicted octanol–water partition coefficient (Wildman–Crippen LogP) is 2.88. The summed E-state index contributed by atoms with van der Waals surface area (Å²) < 4.78 is 0. The molecule has 2 atom stereocenters. The fraction of sp³-hybridized carbons (Fsp3) is 0.643. The normalized spacial score (nSPS) is 22.7. The third-order valence-corrected chi connectivity index (χ3v) is 4.01. The van der Waals surface area contributed by atoms with E-state index in [0.29, 0.717) is 23.7 Å². The van der Waals surface area contributed by atoms with Gasteiger partial charge >= 0.3 is 0 Å². The summed E-state index contributed by atoms with van der Waals surface area (Å²) in [5.74, 6) is 0.777. The molecular formula is C14H21N3O2. The van der Waals surface area contributed by atoms with Gasteiger partial charge in [0.15, 0.2) is 0 Å². The molecule has 1 aliphatic carbocycles. The lowest BCUT2D eigenvalue weighted by Crippen LogP contribution is -2.26. The van der Waals surface area contributed by atoms with Crippen molar-refractivity contribution in [3.63, 3.8) is 0 Å². The molecule has 19 heavy (non-hydrogen) atoms. The number of nitrogens with one attached hydrogen (secondary N) is 1. The smallest absolute Gasteiger partial charge is 0.278 e. The molecule has 5 heteroatoms. The average molecular weight is 263 g/mol. The van der Waals surface area contributed by atoms with Crippen LogP contribution in [0.3, 0.4) is 0 Å². The van der Waals surface area contributed by atoms with E-state index in [1.807, 2.05) is 0 Å². The first-order valence-electron chi connectivity index (χ1n) is 6.82. The van der Waals surface area contributed by atoms with Crippen LogP contribution in [0.5, 0.6) is 0 Å². The van der Waals surface area contributed by atoms with Gasteiger partial charge in [-0.15, -0.1) is 0 Å². The molecule has 0 amide bonds. The van der Waals surface area contributed by atoms with E-state index in [0.717, 1.165) is 11.6 Å². The van der Waals surface area contributed by atoms with Crippen LogP contribution in [0.2, 0.25) is 0 Å². The number of rotatable bonds is 4. The first kappa shape index (κ1) is 13.9. The maximum Gasteiger partial charge on any atom is 0.278 e. The van der Waals surface area contributed by atoms with Gasteiger partial charge in [-0.25, -0.2) is 0 Å². The summed E-state index contributed by atoms with van der Waals surface area (Å²) >= 11 is 0. The second-order valence-corrected chi connectivity index (χ2v) is 5.61. The van der Waals surface area contributed by atoms with Crippen molar-refractivity contribution in [3.8, 4) is 0 Å². The van der Waals surface area contributed by atoms with Gasteiger partial charge in [0.05, 0.1) is 10.6 Å². The van der Waals surface area contributed by atoms with E-state index in [4.69, 9.17) is 0 Å². The van der Waals surface area contributed by atoms with Gasteiger partial charge < -0.3 is 5.32 Å². The molecule has 1 aliphatic rings. The molecule has 0 aliphatic heterocycles. The number of hydrogen-bond acceptors (Lipinski definition) is 4. The molecule has 104 valence electrons. The third-order valence-electron chi connectivity index (χ3n) is 4.01. The van der Waals surface area contributed by atoms with Crippen LogP contribution in [-0.2, 0) is 6.54 Å². The zero-order chi connectivity index (χ0) is 14.0. The van der Waals surface area contributed by atoms with Crippen molar-refractivity contribution >= 4 is 5.69 Å². The molecule has 1 saturated carbocycles. The van der Waals surface area contributed by atoms with E-state index in [2.05, 4.69) is 17.2 Å². The highest BCUT2D eigenvalue weighted by Crippen LogP contribution is 2.26. The highest BCUT2D eigenvalue weighted by Gasteiger charge is 2.22. The van der Waals surface area contributed by atoms with Crippen molar-refractivity contribution in [3.05, 3.63) is 33.1 Å². The number of aryl methyl sites for hydroxylation is 1. The fourth-order valence-electron chi connectivity index (χ4n) is 2.86. The van der Waals surface area contributed by atoms with Gasteiger partial charge in [0, 0.05) is 29.9 Å². The zero-order valence-electron chi connectivity index (χ0n) is 11.8. The Morgan fingerprint density at radius 3 is 2.79 bits per heavy atom. The largest absolute Gasteiger partial charge is 0.308 e. The lowest BCUT2D eigenvalue weighted by Gasteiger charge is -2.13. The highest BCUT2D eigenvalue weighted by molar-refractivity contribution is 5.47. The van der Waals surface area contributed by atoms with Crippen LogP contribution in [0.25, 0.3) is 0 Å². The number of nitrogens with zero attached hydrogens (tertiary/aromatic N) is 2. The van der Waals surface area contributed by atoms with Crippen LogP contribution in [0.1, 0.15) is 43.0 Å². The van der Waals surface area contributed by atoms with Crippen molar-refractivity contribution in [2.45, 2.75) is 52.6 Å². The van der Waals surface area contributed by atoms with Crippen molar-refractivity contribution in [2.24, 2.45) is 5.92 Å². The minimum atomic E-state index is -0.312. The van der Waals surface area contributed by atoms with Gasteiger partial charge in [0.2, 0.25) is 0 Å². The number of pyridine rings is 1. The second-order valence-electron chi connectivity index (χ2n) is 5.61. The molecule has 1 aromatic heterocycles. The zero-order valence-corrected chi connectivity index (χ0v) is 11.8. The van der Waals surface area contributed by atoms with Crippen molar-refractivity contribution in [1.29, 1.82) is 0 Å². The van der Waals surface area contributed by atoms with E-state index < -0.39 is 0 Å². The Labute approximate surface area is 113 Å². The molecule has 1 N–H and O–H groups in total. The summed E-state index contributed by atoms with van der Waals surface area (Å²) in [6.07, 6.45) is 5.23. The molecule has 1 heterocycles. The van der Waals surface area contributed by atoms with Crippen molar-refractivity contribution in [2.75, 3.05) is 0 Å². The van der Waals surface area contributed by atoms with Crippen LogP contribution in [0.4, 0.5) is 5.69 Å². The Kier molecular flexibility index (Phi) is 4.14. The van der Waals surface area contributed by atoms with Crippen LogP contribution in [-0.4, -0.2) is 15.9 Å². The van der Waals surface area contributed by atoms with E-state index in [-0.39, 0.29) is 10.6 Å². The Morgan fingerprint density at radius 2 is 2.21 bits per heavy atom. The van der Waals surface area contributed by atoms with E-state index in [1.54, 1.807) is 20.0 Å². The summed E-state index contributed by atoms with van der Waals surface area (Å²) in [6.45, 7) is 6.40. The summed E-state index contributed by atoms with van der Waals surface area (Å²) in [5, 5.41) is 14.5. The van der Waals surface area contributed by atoms with Gasteiger partial charge in [-0.05, 0) is 39.0 Å². The lowest BCUT2D eigenvalue weighted by atomic mass is 10.1. The first-order valence-corrected chi connectivity index (χ1v) is 6.82. The predicted molar refractivity (Wildman–Crippen MR) is 74.0 cm³/mol. The standard InChI is InChI=1S/C14H21N3O2/c1-9-4-5-12(6-9)15-8-13-11(3)14(17(18)19)10(2)7-16-13/h7,9,12,15H,4-6,8H2,1-3H3. The lowest BCUT2D eigenvalue weighted by molar-refractivity contribution is -0.386. The van der Waals surface area contributed by atoms with E-state index in [9.17, 15) is 10.1 Å². The maximum absolute atomic E-state index is 11.1. The average Bonchev–Trinajstić information content (AvgIpc) is 2.74. The monoisotopic (exact) mass is 263 g/mol. The first-order chi connectivity index (χ1) is 8.99. The number of nitro groups is 1. The summed E-state index contributed by atoms with van der Waals surface area (Å²) in [4.78, 5) is 15.1. The van der Waals surface area contributed by atoms with Crippen LogP contribution >= 0.6 is 0 Å². The molecule has 1 fully saturated rings. The molecule has 0 bridgehead atoms. The summed E-state index contributed by atoms with van der Waals surface area (Å²) in [6, 6.07) is 0.525. The van der Waals surface area contributed by atoms with Gasteiger partial charge in [0.25, 0.3) is 5.69 Å². The highest BCUT2D eigenvalue weighted by atomic mass is 16.6. The minimum absolute atomic E-state index is 0.201. The third kappa shape index (κ3) is 3.10. The van der Waals surface area contributed by atoms with Gasteiger partial charge in [0.1, 0.15) is 0 Å². The molecule has 0 spiro atoms. The van der Waals surface area contributed by atoms with E-state index >= 15 is 0 Å². The number of hydrogen-bond donors (Lipinski definition) is 1. The van der Waals surface area contributed by atoms with Gasteiger partial charge in [-0.2, -0.15) is 0 Å². The molecule has 2 unspecified atom stereocenters. The molecule has 0 saturated heterocycles. The topological polar surface area (TPSA) is 68.1 Å². The SMILES string of the molecule is Cc1cnc(CNC2CCC(C)C2)c(C)c1[N+](=O)[O-]. The maximum atomic E-state index is 11.1. The van der Waals surface area contributed by atoms with Crippen molar-refractivity contribution in [1.82, 2.24) is 10.3 Å². The molecule has 2 rings (SSSR count). The second kappa shape index (κ2) is 5.65. The summed E-state index contributed by atoms with van der Waals surface area (Å²) in [5.41, 5.74) is 2.30. The van der Waals surface area contributed by atoms with Crippen LogP contribution in [0.15, 0.2) is 6.20 Å². The molecule has 0 radical (unpaired) electrons. The van der Waals surface area contributed by atoms with Crippen molar-refractivity contribution < 1.29 is 4.92 Å². The fourth-order valence-corrected chi connectivity index (χ4v) is 2.86.